The van der Waals surface area contributed by atoms with E-state index in [4.69, 9.17) is 16.6 Å². The van der Waals surface area contributed by atoms with Crippen LogP contribution < -0.4 is 5.32 Å². The molecule has 0 atom stereocenters. The van der Waals surface area contributed by atoms with E-state index in [2.05, 4.69) is 29.5 Å². The van der Waals surface area contributed by atoms with Crippen molar-refractivity contribution in [1.29, 1.82) is 0 Å². The Morgan fingerprint density at radius 2 is 1.65 bits per heavy atom. The van der Waals surface area contributed by atoms with E-state index >= 15 is 0 Å². The normalized spacial score (nSPS) is 11.1. The van der Waals surface area contributed by atoms with Gasteiger partial charge in [0.1, 0.15) is 0 Å². The summed E-state index contributed by atoms with van der Waals surface area (Å²) in [4.78, 5) is 18.3. The first kappa shape index (κ1) is 21.9. The number of benzene rings is 3. The molecule has 3 aromatic carbocycles. The molecule has 0 spiro atoms. The number of para-hydroxylation sites is 1. The molecule has 0 saturated heterocycles. The summed E-state index contributed by atoms with van der Waals surface area (Å²) in [5.41, 5.74) is 7.57. The largest absolute Gasteiger partial charge is 0.321 e. The van der Waals surface area contributed by atoms with Crippen LogP contribution >= 0.6 is 11.6 Å². The Morgan fingerprint density at radius 1 is 0.912 bits per heavy atom. The minimum absolute atomic E-state index is 0.240. The van der Waals surface area contributed by atoms with Gasteiger partial charge in [0.25, 0.3) is 5.91 Å². The van der Waals surface area contributed by atoms with E-state index in [0.717, 1.165) is 33.4 Å². The van der Waals surface area contributed by atoms with Gasteiger partial charge >= 0.3 is 0 Å². The number of hydrogen-bond donors (Lipinski definition) is 1. The molecule has 2 aromatic heterocycles. The number of hydrogen-bond acceptors (Lipinski definition) is 3. The maximum absolute atomic E-state index is 13.4. The first-order valence-electron chi connectivity index (χ1n) is 11.0. The van der Waals surface area contributed by atoms with Gasteiger partial charge in [-0.15, -0.1) is 0 Å². The number of rotatable bonds is 4. The third-order valence-electron chi connectivity index (χ3n) is 5.90. The highest BCUT2D eigenvalue weighted by Gasteiger charge is 2.18. The maximum Gasteiger partial charge on any atom is 0.256 e. The van der Waals surface area contributed by atoms with E-state index in [9.17, 15) is 4.79 Å². The quantitative estimate of drug-likeness (QED) is 0.312. The Labute approximate surface area is 203 Å². The summed E-state index contributed by atoms with van der Waals surface area (Å²) < 4.78 is 1.89. The smallest absolute Gasteiger partial charge is 0.256 e. The van der Waals surface area contributed by atoms with Gasteiger partial charge in [0.15, 0.2) is 0 Å². The van der Waals surface area contributed by atoms with Gasteiger partial charge in [0.2, 0.25) is 0 Å². The van der Waals surface area contributed by atoms with E-state index in [1.807, 2.05) is 67.1 Å². The number of halogens is 1. The molecule has 0 unspecified atom stereocenters. The first-order valence-corrected chi connectivity index (χ1v) is 11.4. The van der Waals surface area contributed by atoms with E-state index in [-0.39, 0.29) is 5.91 Å². The second-order valence-electron chi connectivity index (χ2n) is 8.40. The van der Waals surface area contributed by atoms with E-state index in [1.165, 1.54) is 5.56 Å². The fourth-order valence-electron chi connectivity index (χ4n) is 4.03. The summed E-state index contributed by atoms with van der Waals surface area (Å²) in [6.45, 7) is 6.06. The predicted molar refractivity (Wildman–Crippen MR) is 138 cm³/mol. The van der Waals surface area contributed by atoms with Gasteiger partial charge in [0.05, 0.1) is 45.1 Å². The van der Waals surface area contributed by atoms with Gasteiger partial charge in [-0.05, 0) is 63.2 Å². The number of anilines is 1. The van der Waals surface area contributed by atoms with Crippen molar-refractivity contribution in [3.05, 3.63) is 106 Å². The average Bonchev–Trinajstić information content (AvgIpc) is 3.21. The third-order valence-corrected chi connectivity index (χ3v) is 6.22. The number of pyridine rings is 1. The second-order valence-corrected chi connectivity index (χ2v) is 8.81. The fraction of sp³-hybridized carbons (Fsp3) is 0.107. The molecular formula is C28H23ClN4O. The van der Waals surface area contributed by atoms with Crippen molar-refractivity contribution in [2.24, 2.45) is 0 Å². The second kappa shape index (κ2) is 8.76. The SMILES string of the molecule is Cc1ccc(-n2ncc(-c3cc(C(=O)Nc4ccccc4Cl)c4cc(C)ccc4n3)c2C)cc1. The Hall–Kier alpha value is -3.96. The number of aromatic nitrogens is 3. The monoisotopic (exact) mass is 466 g/mol. The van der Waals surface area contributed by atoms with Gasteiger partial charge in [0, 0.05) is 10.9 Å². The molecule has 0 saturated carbocycles. The highest BCUT2D eigenvalue weighted by atomic mass is 35.5. The molecule has 0 aliphatic carbocycles. The molecule has 0 fully saturated rings. The van der Waals surface area contributed by atoms with Crippen LogP contribution in [0.15, 0.2) is 79.0 Å². The van der Waals surface area contributed by atoms with Gasteiger partial charge in [-0.25, -0.2) is 9.67 Å². The zero-order valence-corrected chi connectivity index (χ0v) is 19.9. The van der Waals surface area contributed by atoms with Crippen molar-refractivity contribution in [3.63, 3.8) is 0 Å². The molecule has 0 bridgehead atoms. The Bertz CT molecular complexity index is 1540. The lowest BCUT2D eigenvalue weighted by Crippen LogP contribution is -2.13. The van der Waals surface area contributed by atoms with Gasteiger partial charge < -0.3 is 5.32 Å². The van der Waals surface area contributed by atoms with Crippen molar-refractivity contribution in [2.45, 2.75) is 20.8 Å². The van der Waals surface area contributed by atoms with Crippen molar-refractivity contribution in [1.82, 2.24) is 14.8 Å². The number of carbonyl (C=O) groups excluding carboxylic acids is 1. The van der Waals surface area contributed by atoms with Crippen LogP contribution in [0.25, 0.3) is 27.8 Å². The van der Waals surface area contributed by atoms with E-state index < -0.39 is 0 Å². The molecule has 6 heteroatoms. The summed E-state index contributed by atoms with van der Waals surface area (Å²) >= 11 is 6.28. The zero-order valence-electron chi connectivity index (χ0n) is 19.1. The molecule has 5 nitrogen and oxygen atoms in total. The van der Waals surface area contributed by atoms with Crippen LogP contribution in [0, 0.1) is 20.8 Å². The molecule has 5 aromatic rings. The lowest BCUT2D eigenvalue weighted by Gasteiger charge is -2.12. The number of amides is 1. The fourth-order valence-corrected chi connectivity index (χ4v) is 4.21. The number of aryl methyl sites for hydroxylation is 2. The zero-order chi connectivity index (χ0) is 23.8. The summed E-state index contributed by atoms with van der Waals surface area (Å²) in [6.07, 6.45) is 1.80. The van der Waals surface area contributed by atoms with Crippen LogP contribution in [0.2, 0.25) is 5.02 Å². The molecule has 1 N–H and O–H groups in total. The van der Waals surface area contributed by atoms with Gasteiger partial charge in [-0.1, -0.05) is 53.1 Å². The first-order chi connectivity index (χ1) is 16.4. The number of carbonyl (C=O) groups is 1. The Morgan fingerprint density at radius 3 is 2.41 bits per heavy atom. The molecule has 0 aliphatic rings. The van der Waals surface area contributed by atoms with Crippen LogP contribution in [-0.2, 0) is 0 Å². The van der Waals surface area contributed by atoms with Crippen molar-refractivity contribution >= 4 is 34.1 Å². The lowest BCUT2D eigenvalue weighted by atomic mass is 10.0. The third kappa shape index (κ3) is 4.06. The lowest BCUT2D eigenvalue weighted by molar-refractivity contribution is 0.102. The summed E-state index contributed by atoms with van der Waals surface area (Å²) in [6, 6.07) is 23.2. The van der Waals surface area contributed by atoms with Crippen molar-refractivity contribution in [2.75, 3.05) is 5.32 Å². The predicted octanol–water partition coefficient (Wildman–Crippen LogP) is 6.92. The van der Waals surface area contributed by atoms with Crippen LogP contribution in [0.3, 0.4) is 0 Å². The van der Waals surface area contributed by atoms with Crippen molar-refractivity contribution in [3.8, 4) is 16.9 Å². The Balaban J connectivity index is 1.62. The molecule has 0 radical (unpaired) electrons. The van der Waals surface area contributed by atoms with Crippen LogP contribution in [0.1, 0.15) is 27.2 Å². The summed E-state index contributed by atoms with van der Waals surface area (Å²) in [5, 5.41) is 8.82. The van der Waals surface area contributed by atoms with Gasteiger partial charge in [-0.3, -0.25) is 4.79 Å². The van der Waals surface area contributed by atoms with Crippen LogP contribution in [0.4, 0.5) is 5.69 Å². The minimum atomic E-state index is -0.240. The standard InChI is InChI=1S/C28H23ClN4O/c1-17-8-11-20(12-9-17)33-19(3)23(16-30-33)27-15-22(21-14-18(2)10-13-25(21)31-27)28(34)32-26-7-5-4-6-24(26)29/h4-16H,1-3H3,(H,32,34). The highest BCUT2D eigenvalue weighted by molar-refractivity contribution is 6.34. The molecule has 168 valence electrons. The van der Waals surface area contributed by atoms with Crippen molar-refractivity contribution < 1.29 is 4.79 Å². The van der Waals surface area contributed by atoms with Gasteiger partial charge in [-0.2, -0.15) is 5.10 Å². The number of fused-ring (bicyclic) bond motifs is 1. The maximum atomic E-state index is 13.4. The molecular weight excluding hydrogens is 444 g/mol. The average molecular weight is 467 g/mol. The molecule has 5 rings (SSSR count). The number of nitrogens with zero attached hydrogens (tertiary/aromatic N) is 3. The molecule has 34 heavy (non-hydrogen) atoms. The number of nitrogens with one attached hydrogen (secondary N) is 1. The van der Waals surface area contributed by atoms with E-state index in [0.29, 0.717) is 22.0 Å². The molecule has 1 amide bonds. The van der Waals surface area contributed by atoms with E-state index in [1.54, 1.807) is 18.3 Å². The highest BCUT2D eigenvalue weighted by Crippen LogP contribution is 2.30. The topological polar surface area (TPSA) is 59.8 Å². The Kier molecular flexibility index (Phi) is 5.64. The summed E-state index contributed by atoms with van der Waals surface area (Å²) in [7, 11) is 0. The summed E-state index contributed by atoms with van der Waals surface area (Å²) in [5.74, 6) is -0.240. The van der Waals surface area contributed by atoms with Crippen LogP contribution in [-0.4, -0.2) is 20.7 Å². The molecule has 0 aliphatic heterocycles. The van der Waals surface area contributed by atoms with Crippen LogP contribution in [0.5, 0.6) is 0 Å². The minimum Gasteiger partial charge on any atom is -0.321 e. The molecule has 2 heterocycles.